The molecule has 0 bridgehead atoms. The number of carbonyl (C=O) groups excluding carboxylic acids is 1. The average Bonchev–Trinajstić information content (AvgIpc) is 2.92. The molecule has 6 nitrogen and oxygen atoms in total. The normalized spacial score (nSPS) is 18.7. The number of ether oxygens (including phenoxy) is 1. The number of rotatable bonds is 2. The molecule has 2 rings (SSSR count). The van der Waals surface area contributed by atoms with Crippen LogP contribution in [0.3, 0.4) is 0 Å². The standard InChI is InChI=1S/C11H13N3O3S/c1-17-11(16)9-8(13)7(4-12)10(18-9)14-3-2-6(15)5-14/h6,15H,2-3,5,13H2,1H3. The van der Waals surface area contributed by atoms with Gasteiger partial charge in [-0.3, -0.25) is 0 Å². The monoisotopic (exact) mass is 267 g/mol. The summed E-state index contributed by atoms with van der Waals surface area (Å²) in [4.78, 5) is 13.6. The molecule has 96 valence electrons. The van der Waals surface area contributed by atoms with Crippen molar-refractivity contribution in [3.8, 4) is 6.07 Å². The van der Waals surface area contributed by atoms with Crippen LogP contribution in [0.5, 0.6) is 0 Å². The number of methoxy groups -OCH3 is 1. The summed E-state index contributed by atoms with van der Waals surface area (Å²) >= 11 is 1.14. The number of nitrogens with zero attached hydrogens (tertiary/aromatic N) is 2. The number of thiophene rings is 1. The van der Waals surface area contributed by atoms with Gasteiger partial charge in [0.1, 0.15) is 21.5 Å². The first kappa shape index (κ1) is 12.7. The maximum Gasteiger partial charge on any atom is 0.350 e. The van der Waals surface area contributed by atoms with Crippen molar-refractivity contribution in [3.63, 3.8) is 0 Å². The van der Waals surface area contributed by atoms with Crippen LogP contribution in [0.25, 0.3) is 0 Å². The second kappa shape index (κ2) is 4.84. The van der Waals surface area contributed by atoms with E-state index in [0.29, 0.717) is 24.5 Å². The van der Waals surface area contributed by atoms with Crippen LogP contribution in [-0.4, -0.2) is 37.4 Å². The van der Waals surface area contributed by atoms with E-state index in [9.17, 15) is 9.90 Å². The average molecular weight is 267 g/mol. The fraction of sp³-hybridized carbons (Fsp3) is 0.455. The minimum absolute atomic E-state index is 0.158. The lowest BCUT2D eigenvalue weighted by Crippen LogP contribution is -2.20. The molecule has 0 aromatic carbocycles. The number of aliphatic hydroxyl groups is 1. The number of nitrogens with two attached hydrogens (primary N) is 1. The molecule has 7 heteroatoms. The number of hydrogen-bond donors (Lipinski definition) is 2. The predicted octanol–water partition coefficient (Wildman–Crippen LogP) is 0.560. The van der Waals surface area contributed by atoms with Crippen LogP contribution in [0.4, 0.5) is 10.7 Å². The number of carbonyl (C=O) groups is 1. The highest BCUT2D eigenvalue weighted by Gasteiger charge is 2.28. The van der Waals surface area contributed by atoms with Gasteiger partial charge < -0.3 is 20.5 Å². The molecule has 3 N–H and O–H groups in total. The molecule has 1 aliphatic heterocycles. The highest BCUT2D eigenvalue weighted by molar-refractivity contribution is 7.18. The number of nitrogen functional groups attached to an aromatic ring is 1. The van der Waals surface area contributed by atoms with Crippen molar-refractivity contribution in [2.75, 3.05) is 30.8 Å². The van der Waals surface area contributed by atoms with Crippen LogP contribution in [0, 0.1) is 11.3 Å². The van der Waals surface area contributed by atoms with E-state index < -0.39 is 12.1 Å². The molecule has 18 heavy (non-hydrogen) atoms. The van der Waals surface area contributed by atoms with Crippen LogP contribution < -0.4 is 10.6 Å². The summed E-state index contributed by atoms with van der Waals surface area (Å²) in [6.45, 7) is 1.10. The van der Waals surface area contributed by atoms with Crippen molar-refractivity contribution >= 4 is 28.0 Å². The van der Waals surface area contributed by atoms with E-state index in [4.69, 9.17) is 11.0 Å². The molecule has 1 fully saturated rings. The molecule has 1 aliphatic rings. The SMILES string of the molecule is COC(=O)c1sc(N2CCC(O)C2)c(C#N)c1N. The van der Waals surface area contributed by atoms with Crippen LogP contribution in [0.1, 0.15) is 21.7 Å². The fourth-order valence-electron chi connectivity index (χ4n) is 1.93. The Morgan fingerprint density at radius 2 is 2.44 bits per heavy atom. The van der Waals surface area contributed by atoms with E-state index in [2.05, 4.69) is 4.74 Å². The largest absolute Gasteiger partial charge is 0.465 e. The number of β-amino-alcohol motifs (C(OH)–C–C–N with tert-alkyl or cyclic N) is 1. The zero-order valence-corrected chi connectivity index (χ0v) is 10.7. The molecule has 1 atom stereocenters. The smallest absolute Gasteiger partial charge is 0.350 e. The Hall–Kier alpha value is -1.78. The van der Waals surface area contributed by atoms with Crippen LogP contribution in [-0.2, 0) is 4.74 Å². The number of hydrogen-bond acceptors (Lipinski definition) is 7. The van der Waals surface area contributed by atoms with E-state index in [1.807, 2.05) is 11.0 Å². The molecule has 1 aromatic heterocycles. The summed E-state index contributed by atoms with van der Waals surface area (Å²) < 4.78 is 4.63. The third kappa shape index (κ3) is 2.00. The van der Waals surface area contributed by atoms with Gasteiger partial charge in [-0.15, -0.1) is 11.3 Å². The Bertz CT molecular complexity index is 520. The maximum atomic E-state index is 11.5. The number of anilines is 2. The van der Waals surface area contributed by atoms with Crippen molar-refractivity contribution in [1.29, 1.82) is 5.26 Å². The Kier molecular flexibility index (Phi) is 3.41. The molecular formula is C11H13N3O3S. The summed E-state index contributed by atoms with van der Waals surface area (Å²) in [6.07, 6.45) is 0.248. The number of nitriles is 1. The topological polar surface area (TPSA) is 99.6 Å². The van der Waals surface area contributed by atoms with Crippen LogP contribution in [0.2, 0.25) is 0 Å². The van der Waals surface area contributed by atoms with Gasteiger partial charge in [0.25, 0.3) is 0 Å². The molecule has 1 unspecified atom stereocenters. The lowest BCUT2D eigenvalue weighted by atomic mass is 10.2. The van der Waals surface area contributed by atoms with E-state index in [1.54, 1.807) is 0 Å². The number of aliphatic hydroxyl groups excluding tert-OH is 1. The zero-order chi connectivity index (χ0) is 13.3. The highest BCUT2D eigenvalue weighted by Crippen LogP contribution is 2.39. The van der Waals surface area contributed by atoms with Crippen LogP contribution >= 0.6 is 11.3 Å². The zero-order valence-electron chi connectivity index (χ0n) is 9.84. The second-order valence-electron chi connectivity index (χ2n) is 4.02. The van der Waals surface area contributed by atoms with Crippen molar-refractivity contribution in [2.24, 2.45) is 0 Å². The maximum absolute atomic E-state index is 11.5. The second-order valence-corrected chi connectivity index (χ2v) is 5.02. The summed E-state index contributed by atoms with van der Waals surface area (Å²) in [5, 5.41) is 19.3. The minimum Gasteiger partial charge on any atom is -0.465 e. The number of esters is 1. The van der Waals surface area contributed by atoms with Gasteiger partial charge in [-0.25, -0.2) is 4.79 Å². The molecule has 2 heterocycles. The lowest BCUT2D eigenvalue weighted by Gasteiger charge is -2.15. The lowest BCUT2D eigenvalue weighted by molar-refractivity contribution is 0.0607. The van der Waals surface area contributed by atoms with Gasteiger partial charge in [0.2, 0.25) is 0 Å². The summed E-state index contributed by atoms with van der Waals surface area (Å²) in [7, 11) is 1.27. The molecule has 0 saturated carbocycles. The third-order valence-electron chi connectivity index (χ3n) is 2.86. The van der Waals surface area contributed by atoms with Gasteiger partial charge in [0.15, 0.2) is 0 Å². The molecule has 1 aromatic rings. The van der Waals surface area contributed by atoms with Gasteiger partial charge in [0, 0.05) is 13.1 Å². The van der Waals surface area contributed by atoms with E-state index >= 15 is 0 Å². The first-order chi connectivity index (χ1) is 8.58. The Morgan fingerprint density at radius 3 is 2.94 bits per heavy atom. The van der Waals surface area contributed by atoms with Gasteiger partial charge in [-0.1, -0.05) is 0 Å². The molecule has 0 aliphatic carbocycles. The molecule has 0 amide bonds. The first-order valence-corrected chi connectivity index (χ1v) is 6.23. The molecule has 0 spiro atoms. The van der Waals surface area contributed by atoms with E-state index in [-0.39, 0.29) is 16.1 Å². The van der Waals surface area contributed by atoms with Crippen LogP contribution in [0.15, 0.2) is 0 Å². The summed E-state index contributed by atoms with van der Waals surface area (Å²) in [5.74, 6) is -0.542. The van der Waals surface area contributed by atoms with Crippen molar-refractivity contribution in [2.45, 2.75) is 12.5 Å². The van der Waals surface area contributed by atoms with Crippen molar-refractivity contribution < 1.29 is 14.6 Å². The van der Waals surface area contributed by atoms with Gasteiger partial charge >= 0.3 is 5.97 Å². The Balaban J connectivity index is 2.42. The summed E-state index contributed by atoms with van der Waals surface area (Å²) in [5.41, 5.74) is 6.24. The predicted molar refractivity (Wildman–Crippen MR) is 67.6 cm³/mol. The molecule has 1 saturated heterocycles. The van der Waals surface area contributed by atoms with Crippen molar-refractivity contribution in [3.05, 3.63) is 10.4 Å². The third-order valence-corrected chi connectivity index (χ3v) is 4.11. The van der Waals surface area contributed by atoms with Gasteiger partial charge in [-0.2, -0.15) is 5.26 Å². The highest BCUT2D eigenvalue weighted by atomic mass is 32.1. The Morgan fingerprint density at radius 1 is 1.72 bits per heavy atom. The summed E-state index contributed by atoms with van der Waals surface area (Å²) in [6, 6.07) is 2.01. The van der Waals surface area contributed by atoms with E-state index in [1.165, 1.54) is 7.11 Å². The Labute approximate surface area is 108 Å². The van der Waals surface area contributed by atoms with Gasteiger partial charge in [0.05, 0.1) is 18.9 Å². The first-order valence-electron chi connectivity index (χ1n) is 5.42. The van der Waals surface area contributed by atoms with Crippen molar-refractivity contribution in [1.82, 2.24) is 0 Å². The molecule has 0 radical (unpaired) electrons. The van der Waals surface area contributed by atoms with E-state index in [0.717, 1.165) is 11.3 Å². The van der Waals surface area contributed by atoms with Gasteiger partial charge in [-0.05, 0) is 6.42 Å². The quantitative estimate of drug-likeness (QED) is 0.759. The fourth-order valence-corrected chi connectivity index (χ4v) is 3.06. The molecular weight excluding hydrogens is 254 g/mol. The minimum atomic E-state index is -0.542.